The van der Waals surface area contributed by atoms with Crippen molar-refractivity contribution >= 4 is 5.91 Å². The zero-order chi connectivity index (χ0) is 14.8. The highest BCUT2D eigenvalue weighted by Gasteiger charge is 2.45. The zero-order valence-electron chi connectivity index (χ0n) is 11.4. The molecule has 0 N–H and O–H groups in total. The maximum absolute atomic E-state index is 13.0. The lowest BCUT2D eigenvalue weighted by Gasteiger charge is -2.36. The Hall–Kier alpha value is -1.52. The van der Waals surface area contributed by atoms with Crippen molar-refractivity contribution in [2.24, 2.45) is 0 Å². The number of rotatable bonds is 2. The van der Waals surface area contributed by atoms with Crippen LogP contribution in [0.3, 0.4) is 0 Å². The number of alkyl halides is 3. The molecule has 20 heavy (non-hydrogen) atoms. The van der Waals surface area contributed by atoms with Crippen molar-refractivity contribution in [3.8, 4) is 0 Å². The first kappa shape index (κ1) is 14.9. The van der Waals surface area contributed by atoms with Crippen molar-refractivity contribution in [2.45, 2.75) is 44.8 Å². The zero-order valence-corrected chi connectivity index (χ0v) is 11.4. The second kappa shape index (κ2) is 5.85. The molecule has 0 radical (unpaired) electrons. The van der Waals surface area contributed by atoms with E-state index in [1.807, 2.05) is 25.1 Å². The smallest absolute Gasteiger partial charge is 0.330 e. The molecule has 1 fully saturated rings. The van der Waals surface area contributed by atoms with E-state index in [1.165, 1.54) is 0 Å². The van der Waals surface area contributed by atoms with Crippen molar-refractivity contribution in [2.75, 3.05) is 6.54 Å². The number of aryl methyl sites for hydroxylation is 1. The molecule has 0 unspecified atom stereocenters. The van der Waals surface area contributed by atoms with Gasteiger partial charge in [0.05, 0.1) is 6.42 Å². The van der Waals surface area contributed by atoms with Gasteiger partial charge in [0.25, 0.3) is 0 Å². The molecule has 2 nitrogen and oxygen atoms in total. The van der Waals surface area contributed by atoms with Crippen molar-refractivity contribution < 1.29 is 18.0 Å². The summed E-state index contributed by atoms with van der Waals surface area (Å²) in [4.78, 5) is 13.2. The summed E-state index contributed by atoms with van der Waals surface area (Å²) < 4.78 is 38.9. The Balaban J connectivity index is 2.10. The van der Waals surface area contributed by atoms with E-state index in [9.17, 15) is 18.0 Å². The Morgan fingerprint density at radius 2 is 2.10 bits per heavy atom. The molecule has 0 spiro atoms. The minimum absolute atomic E-state index is 0.0169. The number of carbonyl (C=O) groups excluding carboxylic acids is 1. The summed E-state index contributed by atoms with van der Waals surface area (Å²) >= 11 is 0. The van der Waals surface area contributed by atoms with Gasteiger partial charge in [0.2, 0.25) is 5.91 Å². The standard InChI is InChI=1S/C15H18F3NO/c1-11-5-4-6-12(9-11)10-14(20)19-8-3-2-7-13(19)15(16,17)18/h4-6,9,13H,2-3,7-8,10H2,1H3/t13-/m1/s1. The van der Waals surface area contributed by atoms with E-state index in [1.54, 1.807) is 6.07 Å². The van der Waals surface area contributed by atoms with Gasteiger partial charge >= 0.3 is 6.18 Å². The van der Waals surface area contributed by atoms with Crippen LogP contribution >= 0.6 is 0 Å². The maximum atomic E-state index is 13.0. The topological polar surface area (TPSA) is 20.3 Å². The quantitative estimate of drug-likeness (QED) is 0.814. The summed E-state index contributed by atoms with van der Waals surface area (Å²) in [6, 6.07) is 5.71. The number of benzene rings is 1. The molecule has 1 aliphatic rings. The predicted molar refractivity (Wildman–Crippen MR) is 70.3 cm³/mol. The van der Waals surface area contributed by atoms with Crippen molar-refractivity contribution in [1.82, 2.24) is 4.90 Å². The maximum Gasteiger partial charge on any atom is 0.408 e. The third-order valence-corrected chi connectivity index (χ3v) is 3.64. The molecule has 0 aliphatic carbocycles. The fourth-order valence-corrected chi connectivity index (χ4v) is 2.67. The Kier molecular flexibility index (Phi) is 4.35. The van der Waals surface area contributed by atoms with Gasteiger partial charge in [0.1, 0.15) is 6.04 Å². The first-order valence-corrected chi connectivity index (χ1v) is 6.79. The van der Waals surface area contributed by atoms with Crippen LogP contribution in [0, 0.1) is 6.92 Å². The van der Waals surface area contributed by atoms with Crippen LogP contribution in [0.1, 0.15) is 30.4 Å². The van der Waals surface area contributed by atoms with Gasteiger partial charge < -0.3 is 4.90 Å². The Morgan fingerprint density at radius 3 is 2.75 bits per heavy atom. The summed E-state index contributed by atoms with van der Waals surface area (Å²) in [7, 11) is 0. The second-order valence-corrected chi connectivity index (χ2v) is 5.31. The predicted octanol–water partition coefficient (Wildman–Crippen LogP) is 3.48. The van der Waals surface area contributed by atoms with Crippen LogP contribution in [-0.2, 0) is 11.2 Å². The largest absolute Gasteiger partial charge is 0.408 e. The first-order chi connectivity index (χ1) is 9.38. The fraction of sp³-hybridized carbons (Fsp3) is 0.533. The number of nitrogens with zero attached hydrogens (tertiary/aromatic N) is 1. The molecule has 1 aromatic carbocycles. The second-order valence-electron chi connectivity index (χ2n) is 5.31. The van der Waals surface area contributed by atoms with Crippen LogP contribution < -0.4 is 0 Å². The number of amides is 1. The number of hydrogen-bond donors (Lipinski definition) is 0. The number of hydrogen-bond acceptors (Lipinski definition) is 1. The van der Waals surface area contributed by atoms with Gasteiger partial charge in [0.15, 0.2) is 0 Å². The molecule has 1 atom stereocenters. The van der Waals surface area contributed by atoms with Crippen LogP contribution in [-0.4, -0.2) is 29.6 Å². The lowest BCUT2D eigenvalue weighted by molar-refractivity contribution is -0.195. The van der Waals surface area contributed by atoms with Crippen molar-refractivity contribution in [1.29, 1.82) is 0 Å². The fourth-order valence-electron chi connectivity index (χ4n) is 2.67. The van der Waals surface area contributed by atoms with Gasteiger partial charge in [-0.2, -0.15) is 13.2 Å². The number of halogens is 3. The molecule has 0 aromatic heterocycles. The van der Waals surface area contributed by atoms with E-state index in [2.05, 4.69) is 0 Å². The molecular weight excluding hydrogens is 267 g/mol. The Bertz CT molecular complexity index is 484. The van der Waals surface area contributed by atoms with E-state index >= 15 is 0 Å². The monoisotopic (exact) mass is 285 g/mol. The summed E-state index contributed by atoms with van der Waals surface area (Å²) in [5, 5.41) is 0. The molecule has 1 aliphatic heterocycles. The van der Waals surface area contributed by atoms with Gasteiger partial charge in [-0.15, -0.1) is 0 Å². The van der Waals surface area contributed by atoms with E-state index < -0.39 is 18.1 Å². The SMILES string of the molecule is Cc1cccc(CC(=O)N2CCCC[C@@H]2C(F)(F)F)c1. The Morgan fingerprint density at radius 1 is 1.35 bits per heavy atom. The van der Waals surface area contributed by atoms with Crippen LogP contribution in [0.4, 0.5) is 13.2 Å². The summed E-state index contributed by atoms with van der Waals surface area (Å²) in [5.74, 6) is -0.433. The van der Waals surface area contributed by atoms with Crippen LogP contribution in [0.25, 0.3) is 0 Å². The number of carbonyl (C=O) groups is 1. The highest BCUT2D eigenvalue weighted by Crippen LogP contribution is 2.32. The third kappa shape index (κ3) is 3.52. The minimum Gasteiger partial charge on any atom is -0.330 e. The highest BCUT2D eigenvalue weighted by atomic mass is 19.4. The molecule has 0 bridgehead atoms. The molecule has 1 aromatic rings. The number of piperidine rings is 1. The average Bonchev–Trinajstić information content (AvgIpc) is 2.37. The Labute approximate surface area is 116 Å². The third-order valence-electron chi connectivity index (χ3n) is 3.64. The van der Waals surface area contributed by atoms with Crippen molar-refractivity contribution in [3.05, 3.63) is 35.4 Å². The summed E-state index contributed by atoms with van der Waals surface area (Å²) in [6.45, 7) is 2.10. The lowest BCUT2D eigenvalue weighted by Crippen LogP contribution is -2.51. The molecular formula is C15H18F3NO. The van der Waals surface area contributed by atoms with Gasteiger partial charge in [-0.25, -0.2) is 0 Å². The van der Waals surface area contributed by atoms with Crippen molar-refractivity contribution in [3.63, 3.8) is 0 Å². The van der Waals surface area contributed by atoms with Crippen LogP contribution in [0.2, 0.25) is 0 Å². The van der Waals surface area contributed by atoms with Gasteiger partial charge in [-0.3, -0.25) is 4.79 Å². The number of likely N-dealkylation sites (tertiary alicyclic amines) is 1. The van der Waals surface area contributed by atoms with Crippen LogP contribution in [0.5, 0.6) is 0 Å². The normalized spacial score (nSPS) is 20.0. The summed E-state index contributed by atoms with van der Waals surface area (Å²) in [5.41, 5.74) is 1.77. The van der Waals surface area contributed by atoms with Crippen LogP contribution in [0.15, 0.2) is 24.3 Å². The van der Waals surface area contributed by atoms with E-state index in [4.69, 9.17) is 0 Å². The van der Waals surface area contributed by atoms with Gasteiger partial charge in [-0.1, -0.05) is 29.8 Å². The minimum atomic E-state index is -4.33. The molecule has 1 saturated heterocycles. The summed E-state index contributed by atoms with van der Waals surface area (Å²) in [6.07, 6.45) is -3.11. The molecule has 110 valence electrons. The van der Waals surface area contributed by atoms with E-state index in [-0.39, 0.29) is 19.4 Å². The van der Waals surface area contributed by atoms with Gasteiger partial charge in [0, 0.05) is 6.54 Å². The molecule has 2 rings (SSSR count). The molecule has 5 heteroatoms. The molecule has 1 heterocycles. The average molecular weight is 285 g/mol. The first-order valence-electron chi connectivity index (χ1n) is 6.79. The van der Waals surface area contributed by atoms with E-state index in [0.29, 0.717) is 12.8 Å². The molecule has 1 amide bonds. The van der Waals surface area contributed by atoms with E-state index in [0.717, 1.165) is 16.0 Å². The molecule has 0 saturated carbocycles. The van der Waals surface area contributed by atoms with Gasteiger partial charge in [-0.05, 0) is 31.7 Å². The highest BCUT2D eigenvalue weighted by molar-refractivity contribution is 5.79. The lowest BCUT2D eigenvalue weighted by atomic mass is 10.00.